The molecule has 0 amide bonds. The minimum absolute atomic E-state index is 0.717. The summed E-state index contributed by atoms with van der Waals surface area (Å²) < 4.78 is 0. The maximum atomic E-state index is 5.57. The Labute approximate surface area is 82.6 Å². The van der Waals surface area contributed by atoms with Gasteiger partial charge < -0.3 is 10.6 Å². The third-order valence-electron chi connectivity index (χ3n) is 2.21. The number of rotatable bonds is 4. The van der Waals surface area contributed by atoms with E-state index in [0.29, 0.717) is 6.04 Å². The van der Waals surface area contributed by atoms with Crippen LogP contribution >= 0.6 is 11.3 Å². The molecule has 0 atom stereocenters. The summed E-state index contributed by atoms with van der Waals surface area (Å²) >= 11 is 1.76. The van der Waals surface area contributed by atoms with Crippen LogP contribution in [0.15, 0.2) is 6.20 Å². The molecule has 0 radical (unpaired) electrons. The number of aryl methyl sites for hydroxylation is 1. The number of thiazole rings is 1. The third-order valence-corrected chi connectivity index (χ3v) is 3.16. The molecule has 1 heterocycles. The Morgan fingerprint density at radius 3 is 2.92 bits per heavy atom. The molecule has 0 unspecified atom stereocenters. The van der Waals surface area contributed by atoms with Gasteiger partial charge in [-0.2, -0.15) is 0 Å². The van der Waals surface area contributed by atoms with Crippen molar-refractivity contribution in [2.24, 2.45) is 5.73 Å². The van der Waals surface area contributed by atoms with E-state index >= 15 is 0 Å². The summed E-state index contributed by atoms with van der Waals surface area (Å²) in [6.45, 7) is 3.75. The summed E-state index contributed by atoms with van der Waals surface area (Å²) in [5, 5.41) is 1.14. The maximum absolute atomic E-state index is 5.57. The van der Waals surface area contributed by atoms with Crippen molar-refractivity contribution in [1.82, 2.24) is 4.98 Å². The Kier molecular flexibility index (Phi) is 2.51. The van der Waals surface area contributed by atoms with Crippen LogP contribution in [-0.4, -0.2) is 24.1 Å². The van der Waals surface area contributed by atoms with Crippen molar-refractivity contribution < 1.29 is 0 Å². The average molecular weight is 197 g/mol. The molecule has 0 aromatic carbocycles. The summed E-state index contributed by atoms with van der Waals surface area (Å²) in [4.78, 5) is 8.01. The van der Waals surface area contributed by atoms with Gasteiger partial charge in [-0.1, -0.05) is 0 Å². The summed E-state index contributed by atoms with van der Waals surface area (Å²) in [5.74, 6) is 0. The Hall–Kier alpha value is -0.610. The van der Waals surface area contributed by atoms with E-state index in [-0.39, 0.29) is 0 Å². The molecule has 0 spiro atoms. The molecule has 0 aliphatic heterocycles. The van der Waals surface area contributed by atoms with Gasteiger partial charge in [-0.15, -0.1) is 11.3 Å². The summed E-state index contributed by atoms with van der Waals surface area (Å²) in [6.07, 6.45) is 4.54. The van der Waals surface area contributed by atoms with E-state index in [4.69, 9.17) is 5.73 Å². The highest BCUT2D eigenvalue weighted by atomic mass is 32.1. The first-order valence-electron chi connectivity index (χ1n) is 4.70. The number of anilines is 1. The number of aromatic nitrogens is 1. The van der Waals surface area contributed by atoms with E-state index in [0.717, 1.165) is 18.2 Å². The van der Waals surface area contributed by atoms with Crippen LogP contribution in [0.3, 0.4) is 0 Å². The molecule has 0 bridgehead atoms. The predicted molar refractivity (Wildman–Crippen MR) is 56.3 cm³/mol. The molecule has 13 heavy (non-hydrogen) atoms. The standard InChI is InChI=1S/C9H15N3S/c1-7-6-11-9(13-7)12(5-4-10)8-2-3-8/h6,8H,2-5,10H2,1H3. The Morgan fingerprint density at radius 1 is 1.69 bits per heavy atom. The largest absolute Gasteiger partial charge is 0.344 e. The van der Waals surface area contributed by atoms with E-state index < -0.39 is 0 Å². The van der Waals surface area contributed by atoms with E-state index in [9.17, 15) is 0 Å². The molecule has 2 N–H and O–H groups in total. The van der Waals surface area contributed by atoms with Gasteiger partial charge >= 0.3 is 0 Å². The lowest BCUT2D eigenvalue weighted by molar-refractivity contribution is 0.781. The van der Waals surface area contributed by atoms with Gasteiger partial charge in [0.25, 0.3) is 0 Å². The van der Waals surface area contributed by atoms with Crippen LogP contribution in [0.2, 0.25) is 0 Å². The van der Waals surface area contributed by atoms with Gasteiger partial charge in [-0.05, 0) is 19.8 Å². The Morgan fingerprint density at radius 2 is 2.46 bits per heavy atom. The monoisotopic (exact) mass is 197 g/mol. The zero-order valence-electron chi connectivity index (χ0n) is 7.86. The number of nitrogens with zero attached hydrogens (tertiary/aromatic N) is 2. The molecule has 1 aromatic heterocycles. The molecule has 1 aromatic rings. The number of hydrogen-bond donors (Lipinski definition) is 1. The van der Waals surface area contributed by atoms with E-state index in [2.05, 4.69) is 16.8 Å². The lowest BCUT2D eigenvalue weighted by Crippen LogP contribution is -2.31. The quantitative estimate of drug-likeness (QED) is 0.793. The molecular formula is C9H15N3S. The predicted octanol–water partition coefficient (Wildman–Crippen LogP) is 1.38. The summed E-state index contributed by atoms with van der Waals surface area (Å²) in [6, 6.07) is 0.717. The molecule has 1 aliphatic rings. The van der Waals surface area contributed by atoms with Gasteiger partial charge in [-0.25, -0.2) is 4.98 Å². The van der Waals surface area contributed by atoms with Gasteiger partial charge in [0.1, 0.15) is 0 Å². The van der Waals surface area contributed by atoms with Gasteiger partial charge in [0.05, 0.1) is 0 Å². The molecule has 1 fully saturated rings. The normalized spacial score (nSPS) is 16.2. The Balaban J connectivity index is 2.10. The van der Waals surface area contributed by atoms with Gasteiger partial charge in [-0.3, -0.25) is 0 Å². The first kappa shape index (κ1) is 8.97. The van der Waals surface area contributed by atoms with Crippen LogP contribution in [-0.2, 0) is 0 Å². The van der Waals surface area contributed by atoms with Crippen molar-refractivity contribution in [1.29, 1.82) is 0 Å². The van der Waals surface area contributed by atoms with E-state index in [1.54, 1.807) is 11.3 Å². The minimum atomic E-state index is 0.717. The van der Waals surface area contributed by atoms with Crippen LogP contribution in [0, 0.1) is 6.92 Å². The van der Waals surface area contributed by atoms with Crippen LogP contribution < -0.4 is 10.6 Å². The van der Waals surface area contributed by atoms with Crippen molar-refractivity contribution in [3.05, 3.63) is 11.1 Å². The highest BCUT2D eigenvalue weighted by Gasteiger charge is 2.30. The minimum Gasteiger partial charge on any atom is -0.344 e. The molecule has 1 aliphatic carbocycles. The molecular weight excluding hydrogens is 182 g/mol. The molecule has 0 saturated heterocycles. The molecule has 2 rings (SSSR count). The van der Waals surface area contributed by atoms with Crippen molar-refractivity contribution >= 4 is 16.5 Å². The van der Waals surface area contributed by atoms with Crippen molar-refractivity contribution in [3.63, 3.8) is 0 Å². The molecule has 72 valence electrons. The second-order valence-corrected chi connectivity index (χ2v) is 4.68. The topological polar surface area (TPSA) is 42.2 Å². The zero-order chi connectivity index (χ0) is 9.26. The van der Waals surface area contributed by atoms with Crippen molar-refractivity contribution in [2.45, 2.75) is 25.8 Å². The van der Waals surface area contributed by atoms with Crippen LogP contribution in [0.1, 0.15) is 17.7 Å². The lowest BCUT2D eigenvalue weighted by atomic mass is 10.5. The van der Waals surface area contributed by atoms with Crippen LogP contribution in [0.5, 0.6) is 0 Å². The van der Waals surface area contributed by atoms with Gasteiger partial charge in [0, 0.05) is 30.2 Å². The third kappa shape index (κ3) is 2.00. The maximum Gasteiger partial charge on any atom is 0.185 e. The van der Waals surface area contributed by atoms with Crippen molar-refractivity contribution in [2.75, 3.05) is 18.0 Å². The first-order chi connectivity index (χ1) is 6.31. The fourth-order valence-electron chi connectivity index (χ4n) is 1.44. The summed E-state index contributed by atoms with van der Waals surface area (Å²) in [7, 11) is 0. The second-order valence-electron chi connectivity index (χ2n) is 3.47. The highest BCUT2D eigenvalue weighted by molar-refractivity contribution is 7.15. The van der Waals surface area contributed by atoms with Crippen LogP contribution in [0.4, 0.5) is 5.13 Å². The second kappa shape index (κ2) is 3.64. The van der Waals surface area contributed by atoms with Gasteiger partial charge in [0.15, 0.2) is 5.13 Å². The van der Waals surface area contributed by atoms with E-state index in [1.807, 2.05) is 6.20 Å². The van der Waals surface area contributed by atoms with Crippen LogP contribution in [0.25, 0.3) is 0 Å². The number of hydrogen-bond acceptors (Lipinski definition) is 4. The zero-order valence-corrected chi connectivity index (χ0v) is 8.68. The average Bonchev–Trinajstić information content (AvgIpc) is 2.85. The lowest BCUT2D eigenvalue weighted by Gasteiger charge is -2.19. The first-order valence-corrected chi connectivity index (χ1v) is 5.52. The van der Waals surface area contributed by atoms with Crippen molar-refractivity contribution in [3.8, 4) is 0 Å². The fourth-order valence-corrected chi connectivity index (χ4v) is 2.29. The highest BCUT2D eigenvalue weighted by Crippen LogP contribution is 2.33. The molecule has 1 saturated carbocycles. The Bertz CT molecular complexity index is 280. The fraction of sp³-hybridized carbons (Fsp3) is 0.667. The number of nitrogens with two attached hydrogens (primary N) is 1. The van der Waals surface area contributed by atoms with Gasteiger partial charge in [0.2, 0.25) is 0 Å². The summed E-state index contributed by atoms with van der Waals surface area (Å²) in [5.41, 5.74) is 5.57. The molecule has 4 heteroatoms. The SMILES string of the molecule is Cc1cnc(N(CCN)C2CC2)s1. The smallest absolute Gasteiger partial charge is 0.185 e. The molecule has 3 nitrogen and oxygen atoms in total. The van der Waals surface area contributed by atoms with E-state index in [1.165, 1.54) is 17.7 Å².